The minimum Gasteiger partial charge on any atom is -0.346 e. The fourth-order valence-corrected chi connectivity index (χ4v) is 2.56. The number of aromatic nitrogens is 2. The molecule has 7 heteroatoms. The molecule has 0 aliphatic carbocycles. The lowest BCUT2D eigenvalue weighted by atomic mass is 10.1. The predicted molar refractivity (Wildman–Crippen MR) is 78.3 cm³/mol. The Balaban J connectivity index is 2.52. The quantitative estimate of drug-likeness (QED) is 0.636. The molecule has 0 atom stereocenters. The summed E-state index contributed by atoms with van der Waals surface area (Å²) >= 11 is 0. The summed E-state index contributed by atoms with van der Waals surface area (Å²) in [4.78, 5) is 13.3. The summed E-state index contributed by atoms with van der Waals surface area (Å²) in [6.45, 7) is 10.4. The number of rotatable bonds is 6. The number of hydrogen-bond acceptors (Lipinski definition) is 5. The van der Waals surface area contributed by atoms with Gasteiger partial charge in [-0.2, -0.15) is 5.10 Å². The van der Waals surface area contributed by atoms with E-state index < -0.39 is 0 Å². The van der Waals surface area contributed by atoms with E-state index in [1.165, 1.54) is 0 Å². The summed E-state index contributed by atoms with van der Waals surface area (Å²) in [6, 6.07) is 0.423. The third-order valence-electron chi connectivity index (χ3n) is 3.64. The van der Waals surface area contributed by atoms with Crippen molar-refractivity contribution < 1.29 is 4.92 Å². The van der Waals surface area contributed by atoms with Crippen molar-refractivity contribution in [3.8, 4) is 0 Å². The Morgan fingerprint density at radius 3 is 2.60 bits per heavy atom. The van der Waals surface area contributed by atoms with Gasteiger partial charge in [0, 0.05) is 25.7 Å². The molecule has 112 valence electrons. The monoisotopic (exact) mass is 281 g/mol. The Labute approximate surface area is 119 Å². The Morgan fingerprint density at radius 2 is 2.20 bits per heavy atom. The number of nitrogens with zero attached hydrogens (tertiary/aromatic N) is 4. The summed E-state index contributed by atoms with van der Waals surface area (Å²) in [5.74, 6) is 0.663. The van der Waals surface area contributed by atoms with Crippen molar-refractivity contribution in [1.29, 1.82) is 0 Å². The van der Waals surface area contributed by atoms with Gasteiger partial charge in [-0.1, -0.05) is 6.92 Å². The lowest BCUT2D eigenvalue weighted by Crippen LogP contribution is -2.58. The van der Waals surface area contributed by atoms with Gasteiger partial charge in [-0.15, -0.1) is 0 Å². The van der Waals surface area contributed by atoms with Gasteiger partial charge in [0.1, 0.15) is 5.69 Å². The molecule has 1 aromatic heterocycles. The first-order chi connectivity index (χ1) is 9.47. The Kier molecular flexibility index (Phi) is 4.27. The van der Waals surface area contributed by atoms with Crippen LogP contribution in [0.1, 0.15) is 38.9 Å². The second-order valence-electron chi connectivity index (χ2n) is 5.56. The molecule has 0 radical (unpaired) electrons. The first-order valence-corrected chi connectivity index (χ1v) is 7.18. The summed E-state index contributed by atoms with van der Waals surface area (Å²) in [5.41, 5.74) is 0.645. The Bertz CT molecular complexity index is 493. The maximum absolute atomic E-state index is 11.4. The average Bonchev–Trinajstić information content (AvgIpc) is 2.63. The van der Waals surface area contributed by atoms with Crippen molar-refractivity contribution in [2.75, 3.05) is 24.5 Å². The molecule has 0 bridgehead atoms. The first-order valence-electron chi connectivity index (χ1n) is 7.18. The number of aryl methyl sites for hydroxylation is 1. The van der Waals surface area contributed by atoms with Crippen LogP contribution in [-0.4, -0.2) is 40.4 Å². The third-order valence-corrected chi connectivity index (χ3v) is 3.64. The molecular weight excluding hydrogens is 258 g/mol. The molecule has 2 rings (SSSR count). The van der Waals surface area contributed by atoms with Crippen LogP contribution in [0.4, 0.5) is 11.5 Å². The van der Waals surface area contributed by atoms with Crippen LogP contribution in [0.5, 0.6) is 0 Å². The predicted octanol–water partition coefficient (Wildman–Crippen LogP) is 1.87. The lowest BCUT2D eigenvalue weighted by molar-refractivity contribution is -0.384. The van der Waals surface area contributed by atoms with Crippen LogP contribution in [-0.2, 0) is 0 Å². The van der Waals surface area contributed by atoms with Crippen LogP contribution in [0.25, 0.3) is 0 Å². The fraction of sp³-hybridized carbons (Fsp3) is 0.769. The van der Waals surface area contributed by atoms with Gasteiger partial charge in [-0.25, -0.2) is 4.68 Å². The van der Waals surface area contributed by atoms with Gasteiger partial charge in [0.25, 0.3) is 0 Å². The molecule has 2 heterocycles. The van der Waals surface area contributed by atoms with E-state index in [1.54, 1.807) is 11.6 Å². The largest absolute Gasteiger partial charge is 0.346 e. The van der Waals surface area contributed by atoms with Crippen LogP contribution < -0.4 is 10.2 Å². The molecular formula is C13H23N5O2. The van der Waals surface area contributed by atoms with E-state index in [0.29, 0.717) is 17.6 Å². The molecule has 1 aliphatic rings. The van der Waals surface area contributed by atoms with Crippen molar-refractivity contribution in [3.63, 3.8) is 0 Å². The van der Waals surface area contributed by atoms with Gasteiger partial charge in [-0.3, -0.25) is 10.1 Å². The van der Waals surface area contributed by atoms with Crippen LogP contribution in [0.15, 0.2) is 0 Å². The van der Waals surface area contributed by atoms with E-state index in [4.69, 9.17) is 0 Å². The third kappa shape index (κ3) is 2.49. The summed E-state index contributed by atoms with van der Waals surface area (Å²) in [6.07, 6.45) is 0.954. The van der Waals surface area contributed by atoms with Crippen molar-refractivity contribution in [2.45, 2.75) is 46.2 Å². The summed E-state index contributed by atoms with van der Waals surface area (Å²) < 4.78 is 1.79. The van der Waals surface area contributed by atoms with Crippen molar-refractivity contribution in [1.82, 2.24) is 15.1 Å². The number of anilines is 1. The van der Waals surface area contributed by atoms with Gasteiger partial charge in [0.15, 0.2) is 0 Å². The molecule has 1 aliphatic heterocycles. The van der Waals surface area contributed by atoms with Crippen molar-refractivity contribution >= 4 is 11.5 Å². The van der Waals surface area contributed by atoms with Crippen molar-refractivity contribution in [2.24, 2.45) is 0 Å². The average molecular weight is 281 g/mol. The molecule has 1 aromatic rings. The van der Waals surface area contributed by atoms with Gasteiger partial charge < -0.3 is 10.2 Å². The highest BCUT2D eigenvalue weighted by Gasteiger charge is 2.35. The molecule has 0 aromatic carbocycles. The Hall–Kier alpha value is -1.63. The van der Waals surface area contributed by atoms with Gasteiger partial charge in [0.2, 0.25) is 5.82 Å². The summed E-state index contributed by atoms with van der Waals surface area (Å²) in [7, 11) is 0. The Morgan fingerprint density at radius 1 is 1.55 bits per heavy atom. The smallest absolute Gasteiger partial charge is 0.333 e. The minimum absolute atomic E-state index is 0.102. The number of hydrogen-bond donors (Lipinski definition) is 1. The highest BCUT2D eigenvalue weighted by atomic mass is 16.6. The van der Waals surface area contributed by atoms with Crippen molar-refractivity contribution in [3.05, 3.63) is 15.8 Å². The SMILES string of the molecule is CCCN(c1c([N+](=O)[O-])c(C)nn1C(C)C)C1CNC1. The zero-order chi connectivity index (χ0) is 14.9. The molecule has 0 amide bonds. The first kappa shape index (κ1) is 14.8. The van der Waals surface area contributed by atoms with E-state index in [1.807, 2.05) is 13.8 Å². The van der Waals surface area contributed by atoms with E-state index >= 15 is 0 Å². The highest BCUT2D eigenvalue weighted by Crippen LogP contribution is 2.35. The second kappa shape index (κ2) is 5.78. The van der Waals surface area contributed by atoms with E-state index in [9.17, 15) is 10.1 Å². The molecule has 7 nitrogen and oxygen atoms in total. The van der Waals surface area contributed by atoms with E-state index in [2.05, 4.69) is 22.2 Å². The maximum Gasteiger partial charge on any atom is 0.333 e. The number of nitrogens with one attached hydrogen (secondary N) is 1. The molecule has 20 heavy (non-hydrogen) atoms. The highest BCUT2D eigenvalue weighted by molar-refractivity contribution is 5.62. The normalized spacial score (nSPS) is 15.4. The van der Waals surface area contributed by atoms with E-state index in [0.717, 1.165) is 26.1 Å². The molecule has 1 fully saturated rings. The maximum atomic E-state index is 11.4. The number of nitro groups is 1. The van der Waals surface area contributed by atoms with E-state index in [-0.39, 0.29) is 16.7 Å². The van der Waals surface area contributed by atoms with Gasteiger partial charge >= 0.3 is 5.69 Å². The van der Waals surface area contributed by atoms with Gasteiger partial charge in [-0.05, 0) is 27.2 Å². The van der Waals surface area contributed by atoms with Crippen LogP contribution in [0, 0.1) is 17.0 Å². The standard InChI is InChI=1S/C13H23N5O2/c1-5-6-16(11-7-14-8-11)13-12(18(19)20)10(4)15-17(13)9(2)3/h9,11,14H,5-8H2,1-4H3. The topological polar surface area (TPSA) is 76.2 Å². The molecule has 1 N–H and O–H groups in total. The zero-order valence-corrected chi connectivity index (χ0v) is 12.6. The van der Waals surface area contributed by atoms with Crippen LogP contribution in [0.2, 0.25) is 0 Å². The van der Waals surface area contributed by atoms with Gasteiger partial charge in [0.05, 0.1) is 11.0 Å². The molecule has 0 unspecified atom stereocenters. The van der Waals surface area contributed by atoms with Crippen LogP contribution >= 0.6 is 0 Å². The summed E-state index contributed by atoms with van der Waals surface area (Å²) in [5, 5.41) is 19.0. The lowest BCUT2D eigenvalue weighted by Gasteiger charge is -2.39. The molecule has 0 spiro atoms. The second-order valence-corrected chi connectivity index (χ2v) is 5.56. The molecule has 0 saturated carbocycles. The molecule has 1 saturated heterocycles. The zero-order valence-electron chi connectivity index (χ0n) is 12.6. The van der Waals surface area contributed by atoms with Crippen LogP contribution in [0.3, 0.4) is 0 Å². The fourth-order valence-electron chi connectivity index (χ4n) is 2.56. The minimum atomic E-state index is -0.300.